The van der Waals surface area contributed by atoms with Gasteiger partial charge in [0.15, 0.2) is 11.7 Å². The lowest BCUT2D eigenvalue weighted by Gasteiger charge is -2.14. The van der Waals surface area contributed by atoms with Crippen LogP contribution in [0.5, 0.6) is 0 Å². The Morgan fingerprint density at radius 2 is 1.88 bits per heavy atom. The van der Waals surface area contributed by atoms with Gasteiger partial charge in [0, 0.05) is 27.9 Å². The Morgan fingerprint density at radius 3 is 2.58 bits per heavy atom. The Bertz CT molecular complexity index is 876. The number of aromatic nitrogens is 1. The summed E-state index contributed by atoms with van der Waals surface area (Å²) in [4.78, 5) is 16.4. The van der Waals surface area contributed by atoms with Crippen molar-refractivity contribution in [2.45, 2.75) is 25.8 Å². The van der Waals surface area contributed by atoms with Gasteiger partial charge in [-0.1, -0.05) is 51.8 Å². The minimum Gasteiger partial charge on any atom is -0.441 e. The lowest BCUT2D eigenvalue weighted by Crippen LogP contribution is -2.26. The summed E-state index contributed by atoms with van der Waals surface area (Å²) in [6, 6.07) is 15.2. The molecule has 1 atom stereocenters. The summed E-state index contributed by atoms with van der Waals surface area (Å²) in [5.41, 5.74) is 1.96. The van der Waals surface area contributed by atoms with Crippen LogP contribution in [0, 0.1) is 0 Å². The van der Waals surface area contributed by atoms with E-state index >= 15 is 0 Å². The number of oxazole rings is 1. The predicted octanol–water partition coefficient (Wildman–Crippen LogP) is 5.57. The maximum atomic E-state index is 12.2. The smallest absolute Gasteiger partial charge is 0.220 e. The molecule has 26 heavy (non-hydrogen) atoms. The molecule has 0 aliphatic rings. The van der Waals surface area contributed by atoms with Gasteiger partial charge >= 0.3 is 0 Å². The monoisotopic (exact) mass is 432 g/mol. The molecule has 0 spiro atoms. The zero-order valence-electron chi connectivity index (χ0n) is 14.2. The van der Waals surface area contributed by atoms with Gasteiger partial charge in [0.25, 0.3) is 0 Å². The number of rotatable bonds is 6. The highest BCUT2D eigenvalue weighted by molar-refractivity contribution is 9.10. The van der Waals surface area contributed by atoms with E-state index in [1.807, 2.05) is 55.5 Å². The van der Waals surface area contributed by atoms with Gasteiger partial charge in [0.05, 0.1) is 12.2 Å². The number of aryl methyl sites for hydroxylation is 1. The Balaban J connectivity index is 1.53. The molecule has 0 saturated heterocycles. The van der Waals surface area contributed by atoms with E-state index in [2.05, 4.69) is 26.2 Å². The SMILES string of the molecule is C[C@H](NC(=O)CCc1ncc(-c2ccc(Br)cc2)o1)c1ccc(Cl)cc1. The largest absolute Gasteiger partial charge is 0.441 e. The summed E-state index contributed by atoms with van der Waals surface area (Å²) in [6.07, 6.45) is 2.46. The lowest BCUT2D eigenvalue weighted by atomic mass is 10.1. The standard InChI is InChI=1S/C20H18BrClN2O2/c1-13(14-4-8-17(22)9-5-14)24-19(25)10-11-20-23-12-18(26-20)15-2-6-16(21)7-3-15/h2-9,12-13H,10-11H2,1H3,(H,24,25)/t13-/m0/s1. The van der Waals surface area contributed by atoms with Crippen molar-refractivity contribution in [1.82, 2.24) is 10.3 Å². The Morgan fingerprint density at radius 1 is 1.19 bits per heavy atom. The molecular weight excluding hydrogens is 416 g/mol. The van der Waals surface area contributed by atoms with Gasteiger partial charge in [-0.3, -0.25) is 4.79 Å². The second kappa shape index (κ2) is 8.52. The third-order valence-corrected chi connectivity index (χ3v) is 4.78. The van der Waals surface area contributed by atoms with Gasteiger partial charge in [-0.15, -0.1) is 0 Å². The number of carbonyl (C=O) groups excluding carboxylic acids is 1. The van der Waals surface area contributed by atoms with Gasteiger partial charge < -0.3 is 9.73 Å². The third-order valence-electron chi connectivity index (χ3n) is 4.00. The molecule has 0 saturated carbocycles. The molecule has 4 nitrogen and oxygen atoms in total. The zero-order chi connectivity index (χ0) is 18.5. The molecule has 0 aliphatic heterocycles. The van der Waals surface area contributed by atoms with E-state index in [1.165, 1.54) is 0 Å². The van der Waals surface area contributed by atoms with E-state index in [9.17, 15) is 4.79 Å². The first-order valence-electron chi connectivity index (χ1n) is 8.27. The molecule has 134 valence electrons. The number of amides is 1. The van der Waals surface area contributed by atoms with Crippen LogP contribution in [0.3, 0.4) is 0 Å². The summed E-state index contributed by atoms with van der Waals surface area (Å²) in [5.74, 6) is 1.20. The van der Waals surface area contributed by atoms with Crippen molar-refractivity contribution in [2.24, 2.45) is 0 Å². The first kappa shape index (κ1) is 18.7. The second-order valence-electron chi connectivity index (χ2n) is 5.97. The molecule has 0 fully saturated rings. The molecule has 3 aromatic rings. The fourth-order valence-corrected chi connectivity index (χ4v) is 2.93. The van der Waals surface area contributed by atoms with Crippen LogP contribution in [0.4, 0.5) is 0 Å². The quantitative estimate of drug-likeness (QED) is 0.553. The highest BCUT2D eigenvalue weighted by Crippen LogP contribution is 2.23. The molecule has 1 amide bonds. The van der Waals surface area contributed by atoms with Crippen molar-refractivity contribution in [1.29, 1.82) is 0 Å². The molecule has 3 rings (SSSR count). The van der Waals surface area contributed by atoms with Gasteiger partial charge in [-0.2, -0.15) is 0 Å². The van der Waals surface area contributed by atoms with Crippen molar-refractivity contribution in [3.8, 4) is 11.3 Å². The zero-order valence-corrected chi connectivity index (χ0v) is 16.5. The van der Waals surface area contributed by atoms with Crippen LogP contribution in [-0.4, -0.2) is 10.9 Å². The topological polar surface area (TPSA) is 55.1 Å². The first-order valence-corrected chi connectivity index (χ1v) is 9.44. The number of benzene rings is 2. The normalized spacial score (nSPS) is 12.0. The maximum Gasteiger partial charge on any atom is 0.220 e. The minimum absolute atomic E-state index is 0.0455. The van der Waals surface area contributed by atoms with Gasteiger partial charge in [-0.05, 0) is 36.8 Å². The van der Waals surface area contributed by atoms with Gasteiger partial charge in [0.2, 0.25) is 5.91 Å². The van der Waals surface area contributed by atoms with E-state index in [1.54, 1.807) is 6.20 Å². The summed E-state index contributed by atoms with van der Waals surface area (Å²) < 4.78 is 6.75. The van der Waals surface area contributed by atoms with Crippen LogP contribution >= 0.6 is 27.5 Å². The molecule has 0 unspecified atom stereocenters. The average molecular weight is 434 g/mol. The fourth-order valence-electron chi connectivity index (χ4n) is 2.54. The maximum absolute atomic E-state index is 12.2. The van der Waals surface area contributed by atoms with Crippen molar-refractivity contribution in [3.63, 3.8) is 0 Å². The second-order valence-corrected chi connectivity index (χ2v) is 7.32. The highest BCUT2D eigenvalue weighted by Gasteiger charge is 2.12. The molecule has 1 aromatic heterocycles. The van der Waals surface area contributed by atoms with Crippen LogP contribution in [0.1, 0.15) is 30.8 Å². The summed E-state index contributed by atoms with van der Waals surface area (Å²) in [6.45, 7) is 1.94. The fraction of sp³-hybridized carbons (Fsp3) is 0.200. The van der Waals surface area contributed by atoms with Crippen LogP contribution in [-0.2, 0) is 11.2 Å². The van der Waals surface area contributed by atoms with Crippen molar-refractivity contribution in [2.75, 3.05) is 0 Å². The average Bonchev–Trinajstić information content (AvgIpc) is 3.10. The van der Waals surface area contributed by atoms with E-state index in [0.29, 0.717) is 29.5 Å². The van der Waals surface area contributed by atoms with E-state index in [4.69, 9.17) is 16.0 Å². The van der Waals surface area contributed by atoms with Crippen molar-refractivity contribution in [3.05, 3.63) is 75.7 Å². The summed E-state index contributed by atoms with van der Waals surface area (Å²) >= 11 is 9.29. The molecule has 0 aliphatic carbocycles. The predicted molar refractivity (Wildman–Crippen MR) is 106 cm³/mol. The number of nitrogens with zero attached hydrogens (tertiary/aromatic N) is 1. The minimum atomic E-state index is -0.0809. The van der Waals surface area contributed by atoms with Gasteiger partial charge in [-0.25, -0.2) is 4.98 Å². The third kappa shape index (κ3) is 4.96. The molecule has 6 heteroatoms. The number of carbonyl (C=O) groups is 1. The Kier molecular flexibility index (Phi) is 6.12. The Hall–Kier alpha value is -2.11. The molecule has 2 aromatic carbocycles. The number of nitrogens with one attached hydrogen (secondary N) is 1. The summed E-state index contributed by atoms with van der Waals surface area (Å²) in [7, 11) is 0. The summed E-state index contributed by atoms with van der Waals surface area (Å²) in [5, 5.41) is 3.65. The number of hydrogen-bond donors (Lipinski definition) is 1. The van der Waals surface area contributed by atoms with Crippen molar-refractivity contribution < 1.29 is 9.21 Å². The van der Waals surface area contributed by atoms with Crippen LogP contribution in [0.15, 0.2) is 63.6 Å². The first-order chi connectivity index (χ1) is 12.5. The molecular formula is C20H18BrClN2O2. The Labute approximate surface area is 165 Å². The van der Waals surface area contributed by atoms with Crippen LogP contribution < -0.4 is 5.32 Å². The van der Waals surface area contributed by atoms with Crippen LogP contribution in [0.25, 0.3) is 11.3 Å². The number of hydrogen-bond acceptors (Lipinski definition) is 3. The van der Waals surface area contributed by atoms with Gasteiger partial charge in [0.1, 0.15) is 0 Å². The molecule has 0 bridgehead atoms. The number of halogens is 2. The lowest BCUT2D eigenvalue weighted by molar-refractivity contribution is -0.121. The van der Waals surface area contributed by atoms with Crippen molar-refractivity contribution >= 4 is 33.4 Å². The van der Waals surface area contributed by atoms with E-state index < -0.39 is 0 Å². The van der Waals surface area contributed by atoms with E-state index in [-0.39, 0.29) is 11.9 Å². The van der Waals surface area contributed by atoms with Crippen LogP contribution in [0.2, 0.25) is 5.02 Å². The molecule has 0 radical (unpaired) electrons. The van der Waals surface area contributed by atoms with E-state index in [0.717, 1.165) is 15.6 Å². The molecule has 1 heterocycles. The molecule has 1 N–H and O–H groups in total. The highest BCUT2D eigenvalue weighted by atomic mass is 79.9.